The van der Waals surface area contributed by atoms with Crippen molar-refractivity contribution in [1.82, 2.24) is 14.5 Å². The molecule has 3 heterocycles. The maximum atomic E-state index is 13.5. The number of hydrogen-bond donors (Lipinski definition) is 0. The van der Waals surface area contributed by atoms with Crippen LogP contribution in [0, 0.1) is 22.7 Å². The van der Waals surface area contributed by atoms with E-state index in [1.807, 2.05) is 30.3 Å². The molecule has 4 aromatic rings. The number of carbonyl (C=O) groups excluding carboxylic acids is 1. The van der Waals surface area contributed by atoms with Gasteiger partial charge in [-0.2, -0.15) is 10.5 Å². The van der Waals surface area contributed by atoms with E-state index >= 15 is 0 Å². The first-order valence-electron chi connectivity index (χ1n) is 13.1. The molecule has 0 N–H and O–H groups in total. The van der Waals surface area contributed by atoms with Crippen molar-refractivity contribution in [3.05, 3.63) is 98.8 Å². The van der Waals surface area contributed by atoms with E-state index < -0.39 is 19.9 Å². The van der Waals surface area contributed by atoms with Crippen molar-refractivity contribution in [2.24, 2.45) is 0 Å². The van der Waals surface area contributed by atoms with E-state index in [0.717, 1.165) is 17.2 Å². The van der Waals surface area contributed by atoms with Crippen LogP contribution in [0.5, 0.6) is 0 Å². The molecule has 1 aliphatic rings. The lowest BCUT2D eigenvalue weighted by atomic mass is 9.93. The van der Waals surface area contributed by atoms with Gasteiger partial charge in [0.25, 0.3) is 5.91 Å². The zero-order chi connectivity index (χ0) is 28.4. The molecule has 0 saturated heterocycles. The average molecular weight is 552 g/mol. The van der Waals surface area contributed by atoms with Crippen LogP contribution in [-0.2, 0) is 24.4 Å². The number of fused-ring (bicyclic) bond motifs is 2. The van der Waals surface area contributed by atoms with Crippen molar-refractivity contribution in [2.45, 2.75) is 51.4 Å². The van der Waals surface area contributed by atoms with Gasteiger partial charge in [0.2, 0.25) is 0 Å². The Hall–Kier alpha value is -4.51. The molecule has 1 unspecified atom stereocenters. The SMILES string of the molecule is C[Si](C)(C)CCOCn1c(=O)oc2cc(CN3C(=O)c4ccccc4C3Cc3c(C#N)cncc3C#N)ccc21. The Bertz CT molecular complexity index is 1710. The predicted molar refractivity (Wildman–Crippen MR) is 151 cm³/mol. The summed E-state index contributed by atoms with van der Waals surface area (Å²) in [4.78, 5) is 31.9. The number of nitriles is 2. The molecule has 0 aliphatic carbocycles. The highest BCUT2D eigenvalue weighted by Gasteiger charge is 2.37. The van der Waals surface area contributed by atoms with Crippen molar-refractivity contribution < 1.29 is 13.9 Å². The third kappa shape index (κ3) is 5.32. The van der Waals surface area contributed by atoms with Gasteiger partial charge < -0.3 is 14.1 Å². The first kappa shape index (κ1) is 27.1. The molecule has 0 radical (unpaired) electrons. The van der Waals surface area contributed by atoms with Gasteiger partial charge in [-0.25, -0.2) is 9.36 Å². The van der Waals surface area contributed by atoms with Crippen molar-refractivity contribution in [1.29, 1.82) is 10.5 Å². The van der Waals surface area contributed by atoms with Crippen LogP contribution in [0.25, 0.3) is 11.1 Å². The highest BCUT2D eigenvalue weighted by Crippen LogP contribution is 2.38. The first-order valence-corrected chi connectivity index (χ1v) is 16.8. The Morgan fingerprint density at radius 3 is 2.48 bits per heavy atom. The summed E-state index contributed by atoms with van der Waals surface area (Å²) < 4.78 is 12.8. The van der Waals surface area contributed by atoms with Gasteiger partial charge in [-0.15, -0.1) is 0 Å². The molecule has 1 aliphatic heterocycles. The number of aromatic nitrogens is 2. The maximum absolute atomic E-state index is 13.5. The fraction of sp³-hybridized carbons (Fsp3) is 0.300. The minimum atomic E-state index is -1.25. The van der Waals surface area contributed by atoms with Gasteiger partial charge in [-0.3, -0.25) is 9.78 Å². The van der Waals surface area contributed by atoms with Gasteiger partial charge in [0.05, 0.1) is 22.7 Å². The summed E-state index contributed by atoms with van der Waals surface area (Å²) in [5.74, 6) is -0.630. The van der Waals surface area contributed by atoms with Crippen molar-refractivity contribution in [3.8, 4) is 12.1 Å². The van der Waals surface area contributed by atoms with E-state index in [2.05, 4.69) is 36.8 Å². The molecule has 0 saturated carbocycles. The zero-order valence-corrected chi connectivity index (χ0v) is 23.7. The summed E-state index contributed by atoms with van der Waals surface area (Å²) in [5.41, 5.74) is 4.45. The highest BCUT2D eigenvalue weighted by atomic mass is 28.3. The highest BCUT2D eigenvalue weighted by molar-refractivity contribution is 6.76. The fourth-order valence-electron chi connectivity index (χ4n) is 5.00. The lowest BCUT2D eigenvalue weighted by Gasteiger charge is -2.26. The summed E-state index contributed by atoms with van der Waals surface area (Å²) in [6.45, 7) is 7.77. The molecule has 2 aromatic heterocycles. The Morgan fingerprint density at radius 1 is 1.05 bits per heavy atom. The van der Waals surface area contributed by atoms with Gasteiger partial charge in [-0.1, -0.05) is 43.9 Å². The molecule has 10 heteroatoms. The number of oxazole rings is 1. The minimum absolute atomic E-state index is 0.117. The summed E-state index contributed by atoms with van der Waals surface area (Å²) in [6.07, 6.45) is 3.18. The van der Waals surface area contributed by atoms with E-state index in [4.69, 9.17) is 9.15 Å². The maximum Gasteiger partial charge on any atom is 0.421 e. The molecule has 0 bridgehead atoms. The van der Waals surface area contributed by atoms with Crippen LogP contribution < -0.4 is 5.76 Å². The monoisotopic (exact) mass is 551 g/mol. The number of carbonyl (C=O) groups is 1. The molecule has 2 aromatic carbocycles. The largest absolute Gasteiger partial charge is 0.421 e. The Kier molecular flexibility index (Phi) is 7.40. The van der Waals surface area contributed by atoms with Gasteiger partial charge in [0, 0.05) is 39.2 Å². The third-order valence-electron chi connectivity index (χ3n) is 7.19. The van der Waals surface area contributed by atoms with Gasteiger partial charge in [-0.05, 0) is 47.4 Å². The lowest BCUT2D eigenvalue weighted by molar-refractivity contribution is 0.0709. The van der Waals surface area contributed by atoms with Crippen LogP contribution in [0.4, 0.5) is 0 Å². The minimum Gasteiger partial charge on any atom is -0.408 e. The number of pyridine rings is 1. The van der Waals surface area contributed by atoms with Crippen LogP contribution in [0.15, 0.2) is 64.1 Å². The fourth-order valence-corrected chi connectivity index (χ4v) is 5.76. The third-order valence-corrected chi connectivity index (χ3v) is 8.89. The Labute approximate surface area is 232 Å². The number of benzene rings is 2. The summed E-state index contributed by atoms with van der Waals surface area (Å²) in [7, 11) is -1.25. The summed E-state index contributed by atoms with van der Waals surface area (Å²) in [5, 5.41) is 19.3. The van der Waals surface area contributed by atoms with E-state index in [-0.39, 0.29) is 19.2 Å². The zero-order valence-electron chi connectivity index (χ0n) is 22.7. The smallest absolute Gasteiger partial charge is 0.408 e. The van der Waals surface area contributed by atoms with Gasteiger partial charge in [0.1, 0.15) is 18.9 Å². The van der Waals surface area contributed by atoms with Crippen LogP contribution in [0.2, 0.25) is 25.7 Å². The number of hydrogen-bond acceptors (Lipinski definition) is 7. The van der Waals surface area contributed by atoms with Crippen LogP contribution in [0.1, 0.15) is 44.2 Å². The Morgan fingerprint density at radius 2 is 1.77 bits per heavy atom. The number of amides is 1. The topological polar surface area (TPSA) is 125 Å². The second kappa shape index (κ2) is 10.9. The second-order valence-corrected chi connectivity index (χ2v) is 16.7. The van der Waals surface area contributed by atoms with Crippen LogP contribution in [-0.4, -0.2) is 35.0 Å². The first-order chi connectivity index (χ1) is 19.2. The van der Waals surface area contributed by atoms with Gasteiger partial charge >= 0.3 is 5.76 Å². The average Bonchev–Trinajstić information content (AvgIpc) is 3.38. The lowest BCUT2D eigenvalue weighted by Crippen LogP contribution is -2.29. The van der Waals surface area contributed by atoms with Crippen molar-refractivity contribution in [2.75, 3.05) is 6.61 Å². The number of rotatable bonds is 9. The molecule has 0 spiro atoms. The molecule has 1 amide bonds. The quantitative estimate of drug-likeness (QED) is 0.212. The van der Waals surface area contributed by atoms with E-state index in [1.54, 1.807) is 17.0 Å². The normalized spacial score (nSPS) is 14.8. The molecule has 40 heavy (non-hydrogen) atoms. The molecule has 9 nitrogen and oxygen atoms in total. The molecule has 1 atom stereocenters. The van der Waals surface area contributed by atoms with E-state index in [0.29, 0.717) is 46.4 Å². The van der Waals surface area contributed by atoms with Crippen LogP contribution in [0.3, 0.4) is 0 Å². The molecule has 0 fully saturated rings. The Balaban J connectivity index is 1.43. The van der Waals surface area contributed by atoms with Crippen molar-refractivity contribution >= 4 is 25.1 Å². The molecular formula is C30H29N5O4Si. The van der Waals surface area contributed by atoms with E-state index in [1.165, 1.54) is 17.0 Å². The summed E-state index contributed by atoms with van der Waals surface area (Å²) >= 11 is 0. The molecule has 202 valence electrons. The second-order valence-electron chi connectivity index (χ2n) is 11.1. The molecule has 5 rings (SSSR count). The van der Waals surface area contributed by atoms with Crippen molar-refractivity contribution in [3.63, 3.8) is 0 Å². The summed E-state index contributed by atoms with van der Waals surface area (Å²) in [6, 6.07) is 17.7. The predicted octanol–water partition coefficient (Wildman–Crippen LogP) is 4.98. The number of nitrogens with zero attached hydrogens (tertiary/aromatic N) is 5. The van der Waals surface area contributed by atoms with Crippen LogP contribution >= 0.6 is 0 Å². The standard InChI is InChI=1S/C30H29N5O4Si/c1-40(2,3)11-10-38-19-35-26-9-8-20(12-28(26)39-30(35)37)18-34-27(23-6-4-5-7-24(23)29(34)36)13-25-21(14-31)16-33-17-22(25)15-32/h4-9,12,16-17,27H,10-11,13,18-19H2,1-3H3. The van der Waals surface area contributed by atoms with Gasteiger partial charge in [0.15, 0.2) is 5.58 Å². The number of ether oxygens (including phenoxy) is 1. The van der Waals surface area contributed by atoms with E-state index in [9.17, 15) is 20.1 Å². The molecular weight excluding hydrogens is 522 g/mol.